The van der Waals surface area contributed by atoms with Gasteiger partial charge < -0.3 is 10.6 Å². The Labute approximate surface area is 158 Å². The van der Waals surface area contributed by atoms with E-state index in [-0.39, 0.29) is 11.7 Å². The normalized spacial score (nSPS) is 10.5. The Bertz CT molecular complexity index is 939. The number of hydrogen-bond acceptors (Lipinski definition) is 3. The van der Waals surface area contributed by atoms with Crippen LogP contribution in [0.4, 0.5) is 15.8 Å². The summed E-state index contributed by atoms with van der Waals surface area (Å²) in [5.74, 6) is -0.485. The summed E-state index contributed by atoms with van der Waals surface area (Å²) in [6.07, 6.45) is 2.36. The molecule has 2 aromatic carbocycles. The average Bonchev–Trinajstić information content (AvgIpc) is 2.66. The van der Waals surface area contributed by atoms with Crippen molar-refractivity contribution in [3.63, 3.8) is 0 Å². The summed E-state index contributed by atoms with van der Waals surface area (Å²) < 4.78 is 12.9. The van der Waals surface area contributed by atoms with Crippen LogP contribution in [-0.2, 0) is 6.42 Å². The minimum Gasteiger partial charge on any atom is -0.385 e. The fraction of sp³-hybridized carbons (Fsp3) is 0.182. The molecule has 0 radical (unpaired) electrons. The molecular formula is C22H22FN3O. The van der Waals surface area contributed by atoms with Gasteiger partial charge in [0.1, 0.15) is 11.5 Å². The first-order valence-corrected chi connectivity index (χ1v) is 8.84. The van der Waals surface area contributed by atoms with Crippen molar-refractivity contribution in [3.05, 3.63) is 89.0 Å². The Morgan fingerprint density at radius 3 is 2.48 bits per heavy atom. The second-order valence-electron chi connectivity index (χ2n) is 6.49. The maximum Gasteiger partial charge on any atom is 0.274 e. The van der Waals surface area contributed by atoms with Crippen molar-refractivity contribution in [2.45, 2.75) is 20.3 Å². The zero-order chi connectivity index (χ0) is 19.2. The molecule has 0 aliphatic carbocycles. The smallest absolute Gasteiger partial charge is 0.274 e. The molecule has 0 bridgehead atoms. The summed E-state index contributed by atoms with van der Waals surface area (Å²) in [6, 6.07) is 15.8. The predicted molar refractivity (Wildman–Crippen MR) is 107 cm³/mol. The number of carbonyl (C=O) groups excluding carboxylic acids is 1. The lowest BCUT2D eigenvalue weighted by molar-refractivity contribution is 0.102. The summed E-state index contributed by atoms with van der Waals surface area (Å²) in [7, 11) is 0. The monoisotopic (exact) mass is 363 g/mol. The van der Waals surface area contributed by atoms with E-state index in [4.69, 9.17) is 0 Å². The van der Waals surface area contributed by atoms with Gasteiger partial charge in [-0.15, -0.1) is 0 Å². The van der Waals surface area contributed by atoms with Crippen LogP contribution in [0.15, 0.2) is 60.8 Å². The Balaban J connectivity index is 1.59. The molecule has 0 unspecified atom stereocenters. The van der Waals surface area contributed by atoms with Crippen LogP contribution in [0, 0.1) is 19.7 Å². The van der Waals surface area contributed by atoms with E-state index in [9.17, 15) is 9.18 Å². The highest BCUT2D eigenvalue weighted by Crippen LogP contribution is 2.16. The van der Waals surface area contributed by atoms with Gasteiger partial charge in [-0.3, -0.25) is 9.78 Å². The van der Waals surface area contributed by atoms with Crippen LogP contribution >= 0.6 is 0 Å². The molecule has 1 heterocycles. The molecule has 0 spiro atoms. The highest BCUT2D eigenvalue weighted by Gasteiger charge is 2.09. The SMILES string of the molecule is Cc1ccc(NC(=O)c2cc(NCCc3ccc(F)cc3)ccn2)cc1C. The number of halogens is 1. The highest BCUT2D eigenvalue weighted by atomic mass is 19.1. The first-order chi connectivity index (χ1) is 13.0. The van der Waals surface area contributed by atoms with Gasteiger partial charge in [-0.2, -0.15) is 0 Å². The first kappa shape index (κ1) is 18.6. The molecule has 3 aromatic rings. The van der Waals surface area contributed by atoms with E-state index >= 15 is 0 Å². The summed E-state index contributed by atoms with van der Waals surface area (Å²) in [6.45, 7) is 4.71. The third kappa shape index (κ3) is 5.14. The van der Waals surface area contributed by atoms with Crippen LogP contribution in [0.3, 0.4) is 0 Å². The second-order valence-corrected chi connectivity index (χ2v) is 6.49. The van der Waals surface area contributed by atoms with Crippen molar-refractivity contribution in [3.8, 4) is 0 Å². The first-order valence-electron chi connectivity index (χ1n) is 8.84. The van der Waals surface area contributed by atoms with E-state index in [0.717, 1.165) is 28.9 Å². The fourth-order valence-electron chi connectivity index (χ4n) is 2.68. The second kappa shape index (κ2) is 8.45. The molecule has 2 N–H and O–H groups in total. The number of carbonyl (C=O) groups is 1. The Morgan fingerprint density at radius 2 is 1.74 bits per heavy atom. The van der Waals surface area contributed by atoms with Crippen molar-refractivity contribution >= 4 is 17.3 Å². The van der Waals surface area contributed by atoms with Crippen molar-refractivity contribution in [2.24, 2.45) is 0 Å². The highest BCUT2D eigenvalue weighted by molar-refractivity contribution is 6.03. The number of aryl methyl sites for hydroxylation is 2. The molecule has 27 heavy (non-hydrogen) atoms. The van der Waals surface area contributed by atoms with Crippen LogP contribution in [0.1, 0.15) is 27.2 Å². The lowest BCUT2D eigenvalue weighted by Gasteiger charge is -2.10. The number of amides is 1. The molecule has 0 fully saturated rings. The molecule has 0 aliphatic rings. The van der Waals surface area contributed by atoms with Gasteiger partial charge in [-0.05, 0) is 73.4 Å². The van der Waals surface area contributed by atoms with Crippen molar-refractivity contribution in [1.82, 2.24) is 4.98 Å². The van der Waals surface area contributed by atoms with E-state index in [0.29, 0.717) is 12.2 Å². The summed E-state index contributed by atoms with van der Waals surface area (Å²) >= 11 is 0. The van der Waals surface area contributed by atoms with Gasteiger partial charge >= 0.3 is 0 Å². The van der Waals surface area contributed by atoms with Gasteiger partial charge in [-0.25, -0.2) is 4.39 Å². The molecule has 1 aromatic heterocycles. The van der Waals surface area contributed by atoms with Gasteiger partial charge in [0.2, 0.25) is 0 Å². The molecule has 0 saturated heterocycles. The molecule has 0 saturated carbocycles. The quantitative estimate of drug-likeness (QED) is 0.665. The molecule has 138 valence electrons. The maximum absolute atomic E-state index is 12.9. The molecule has 0 aliphatic heterocycles. The number of benzene rings is 2. The molecular weight excluding hydrogens is 341 g/mol. The van der Waals surface area contributed by atoms with Crippen molar-refractivity contribution in [1.29, 1.82) is 0 Å². The molecule has 0 atom stereocenters. The number of aromatic nitrogens is 1. The largest absolute Gasteiger partial charge is 0.385 e. The lowest BCUT2D eigenvalue weighted by atomic mass is 10.1. The molecule has 5 heteroatoms. The van der Waals surface area contributed by atoms with E-state index in [2.05, 4.69) is 15.6 Å². The van der Waals surface area contributed by atoms with Crippen LogP contribution in [0.25, 0.3) is 0 Å². The van der Waals surface area contributed by atoms with E-state index in [1.807, 2.05) is 38.1 Å². The summed E-state index contributed by atoms with van der Waals surface area (Å²) in [4.78, 5) is 16.6. The topological polar surface area (TPSA) is 54.0 Å². The predicted octanol–water partition coefficient (Wildman–Crippen LogP) is 4.74. The summed E-state index contributed by atoms with van der Waals surface area (Å²) in [5.41, 5.74) is 5.26. The standard InChI is InChI=1S/C22H22FN3O/c1-15-3-8-20(13-16(15)2)26-22(27)21-14-19(10-12-25-21)24-11-9-17-4-6-18(23)7-5-17/h3-8,10,12-14H,9,11H2,1-2H3,(H,24,25)(H,26,27). The van der Waals surface area contributed by atoms with Crippen LogP contribution in [0.5, 0.6) is 0 Å². The molecule has 4 nitrogen and oxygen atoms in total. The van der Waals surface area contributed by atoms with Gasteiger partial charge in [0.25, 0.3) is 5.91 Å². The van der Waals surface area contributed by atoms with Crippen molar-refractivity contribution in [2.75, 3.05) is 17.2 Å². The number of nitrogens with zero attached hydrogens (tertiary/aromatic N) is 1. The minimum atomic E-state index is -0.250. The lowest BCUT2D eigenvalue weighted by Crippen LogP contribution is -2.14. The number of hydrogen-bond donors (Lipinski definition) is 2. The van der Waals surface area contributed by atoms with Crippen LogP contribution in [0.2, 0.25) is 0 Å². The van der Waals surface area contributed by atoms with E-state index in [1.54, 1.807) is 24.4 Å². The van der Waals surface area contributed by atoms with Gasteiger partial charge in [-0.1, -0.05) is 18.2 Å². The number of nitrogens with one attached hydrogen (secondary N) is 2. The Kier molecular flexibility index (Phi) is 5.81. The Hall–Kier alpha value is -3.21. The molecule has 3 rings (SSSR count). The fourth-order valence-corrected chi connectivity index (χ4v) is 2.68. The average molecular weight is 363 g/mol. The number of rotatable bonds is 6. The van der Waals surface area contributed by atoms with Crippen LogP contribution < -0.4 is 10.6 Å². The minimum absolute atomic E-state index is 0.236. The summed E-state index contributed by atoms with van der Waals surface area (Å²) in [5, 5.41) is 6.15. The van der Waals surface area contributed by atoms with Gasteiger partial charge in [0, 0.05) is 24.1 Å². The number of pyridine rings is 1. The van der Waals surface area contributed by atoms with E-state index in [1.165, 1.54) is 17.7 Å². The zero-order valence-corrected chi connectivity index (χ0v) is 15.4. The van der Waals surface area contributed by atoms with E-state index < -0.39 is 0 Å². The number of anilines is 2. The van der Waals surface area contributed by atoms with Crippen molar-refractivity contribution < 1.29 is 9.18 Å². The van der Waals surface area contributed by atoms with Gasteiger partial charge in [0.15, 0.2) is 0 Å². The molecule has 1 amide bonds. The van der Waals surface area contributed by atoms with Gasteiger partial charge in [0.05, 0.1) is 0 Å². The van der Waals surface area contributed by atoms with Crippen LogP contribution in [-0.4, -0.2) is 17.4 Å². The third-order valence-electron chi connectivity index (χ3n) is 4.41. The Morgan fingerprint density at radius 1 is 0.963 bits per heavy atom. The third-order valence-corrected chi connectivity index (χ3v) is 4.41. The zero-order valence-electron chi connectivity index (χ0n) is 15.4. The maximum atomic E-state index is 12.9.